The zero-order valence-corrected chi connectivity index (χ0v) is 16.2. The smallest absolute Gasteiger partial charge is 0.313 e. The van der Waals surface area contributed by atoms with Crippen LogP contribution in [0.1, 0.15) is 45.1 Å². The van der Waals surface area contributed by atoms with E-state index in [-0.39, 0.29) is 19.1 Å². The molecule has 1 amide bonds. The maximum absolute atomic E-state index is 13.1. The molecule has 1 heterocycles. The van der Waals surface area contributed by atoms with Crippen LogP contribution in [0.5, 0.6) is 0 Å². The second kappa shape index (κ2) is 8.67. The number of hydrogen-bond acceptors (Lipinski definition) is 3. The molecule has 5 nitrogen and oxygen atoms in total. The van der Waals surface area contributed by atoms with Crippen LogP contribution in [0.2, 0.25) is 0 Å². The van der Waals surface area contributed by atoms with E-state index < -0.39 is 16.8 Å². The van der Waals surface area contributed by atoms with Crippen LogP contribution < -0.4 is 0 Å². The molecule has 2 rings (SSSR count). The van der Waals surface area contributed by atoms with Crippen LogP contribution in [0.25, 0.3) is 0 Å². The summed E-state index contributed by atoms with van der Waals surface area (Å²) in [7, 11) is 1.51. The van der Waals surface area contributed by atoms with Crippen molar-refractivity contribution >= 4 is 11.9 Å². The number of carboxylic acids is 1. The van der Waals surface area contributed by atoms with Crippen molar-refractivity contribution in [3.8, 4) is 0 Å². The van der Waals surface area contributed by atoms with Gasteiger partial charge in [-0.05, 0) is 37.7 Å². The number of benzene rings is 1. The Kier molecular flexibility index (Phi) is 6.81. The minimum Gasteiger partial charge on any atom is -0.481 e. The summed E-state index contributed by atoms with van der Waals surface area (Å²) in [5.74, 6) is -0.828. The zero-order chi connectivity index (χ0) is 19.2. The second-order valence-electron chi connectivity index (χ2n) is 8.07. The largest absolute Gasteiger partial charge is 0.481 e. The van der Waals surface area contributed by atoms with Crippen molar-refractivity contribution in [1.82, 2.24) is 4.90 Å². The standard InChI is InChI=1S/C21H31NO4/c1-20(2,12-7-11-17-9-5-4-6-10-17)18(23)22-14-8-13-21(15-22,16-26-3)19(24)25/h4-6,9-10H,7-8,11-16H2,1-3H3,(H,24,25). The Morgan fingerprint density at radius 1 is 1.27 bits per heavy atom. The third-order valence-corrected chi connectivity index (χ3v) is 5.43. The first-order valence-electron chi connectivity index (χ1n) is 9.36. The molecule has 0 aliphatic carbocycles. The fourth-order valence-electron chi connectivity index (χ4n) is 3.85. The number of aryl methyl sites for hydroxylation is 1. The molecular formula is C21H31NO4. The Morgan fingerprint density at radius 2 is 1.96 bits per heavy atom. The van der Waals surface area contributed by atoms with Crippen LogP contribution >= 0.6 is 0 Å². The quantitative estimate of drug-likeness (QED) is 0.771. The number of likely N-dealkylation sites (tertiary alicyclic amines) is 1. The lowest BCUT2D eigenvalue weighted by Crippen LogP contribution is -2.54. The summed E-state index contributed by atoms with van der Waals surface area (Å²) in [6, 6.07) is 10.3. The number of amides is 1. The molecule has 0 bridgehead atoms. The van der Waals surface area contributed by atoms with Crippen molar-refractivity contribution in [2.45, 2.75) is 46.0 Å². The molecule has 1 aliphatic heterocycles. The van der Waals surface area contributed by atoms with Gasteiger partial charge in [-0.3, -0.25) is 9.59 Å². The van der Waals surface area contributed by atoms with Crippen LogP contribution in [0.15, 0.2) is 30.3 Å². The first kappa shape index (κ1) is 20.4. The van der Waals surface area contributed by atoms with Crippen LogP contribution in [0, 0.1) is 10.8 Å². The number of hydrogen-bond donors (Lipinski definition) is 1. The van der Waals surface area contributed by atoms with E-state index in [0.29, 0.717) is 19.4 Å². The minimum atomic E-state index is -0.983. The number of carbonyl (C=O) groups is 2. The highest BCUT2D eigenvalue weighted by Gasteiger charge is 2.45. The fourth-order valence-corrected chi connectivity index (χ4v) is 3.85. The Balaban J connectivity index is 1.97. The molecule has 1 aliphatic rings. The molecular weight excluding hydrogens is 330 g/mol. The highest BCUT2D eigenvalue weighted by molar-refractivity contribution is 5.83. The second-order valence-corrected chi connectivity index (χ2v) is 8.07. The summed E-state index contributed by atoms with van der Waals surface area (Å²) < 4.78 is 5.15. The van der Waals surface area contributed by atoms with Crippen molar-refractivity contribution in [3.63, 3.8) is 0 Å². The average molecular weight is 361 g/mol. The zero-order valence-electron chi connectivity index (χ0n) is 16.2. The topological polar surface area (TPSA) is 66.8 Å². The maximum atomic E-state index is 13.1. The summed E-state index contributed by atoms with van der Waals surface area (Å²) in [5.41, 5.74) is -0.203. The van der Waals surface area contributed by atoms with Gasteiger partial charge in [-0.15, -0.1) is 0 Å². The molecule has 0 saturated carbocycles. The van der Waals surface area contributed by atoms with Crippen molar-refractivity contribution in [2.24, 2.45) is 10.8 Å². The van der Waals surface area contributed by atoms with Gasteiger partial charge < -0.3 is 14.7 Å². The predicted octanol–water partition coefficient (Wildman–Crippen LogP) is 3.38. The molecule has 0 spiro atoms. The summed E-state index contributed by atoms with van der Waals surface area (Å²) in [5, 5.41) is 9.67. The Hall–Kier alpha value is -1.88. The summed E-state index contributed by atoms with van der Waals surface area (Å²) in [4.78, 5) is 26.6. The van der Waals surface area contributed by atoms with E-state index in [1.807, 2.05) is 32.0 Å². The molecule has 0 radical (unpaired) electrons. The minimum absolute atomic E-state index is 0.0481. The average Bonchev–Trinajstić information content (AvgIpc) is 2.62. The van der Waals surface area contributed by atoms with Crippen molar-refractivity contribution in [2.75, 3.05) is 26.8 Å². The number of carbonyl (C=O) groups excluding carboxylic acids is 1. The van der Waals surface area contributed by atoms with Gasteiger partial charge in [0.25, 0.3) is 0 Å². The van der Waals surface area contributed by atoms with Gasteiger partial charge in [-0.2, -0.15) is 0 Å². The number of aliphatic carboxylic acids is 1. The predicted molar refractivity (Wildman–Crippen MR) is 101 cm³/mol. The third-order valence-electron chi connectivity index (χ3n) is 5.43. The van der Waals surface area contributed by atoms with Crippen LogP contribution in [0.3, 0.4) is 0 Å². The Morgan fingerprint density at radius 3 is 2.58 bits per heavy atom. The lowest BCUT2D eigenvalue weighted by molar-refractivity contribution is -0.161. The molecule has 1 atom stereocenters. The van der Waals surface area contributed by atoms with E-state index in [4.69, 9.17) is 4.74 Å². The van der Waals surface area contributed by atoms with Gasteiger partial charge in [0.15, 0.2) is 0 Å². The molecule has 1 saturated heterocycles. The van der Waals surface area contributed by atoms with E-state index in [0.717, 1.165) is 19.3 Å². The normalized spacial score (nSPS) is 20.8. The van der Waals surface area contributed by atoms with Crippen molar-refractivity contribution < 1.29 is 19.4 Å². The number of rotatable bonds is 8. The van der Waals surface area contributed by atoms with Gasteiger partial charge in [0.2, 0.25) is 5.91 Å². The van der Waals surface area contributed by atoms with Crippen LogP contribution in [-0.2, 0) is 20.7 Å². The van der Waals surface area contributed by atoms with E-state index in [2.05, 4.69) is 12.1 Å². The summed E-state index contributed by atoms with van der Waals surface area (Å²) in [6.45, 7) is 4.93. The lowest BCUT2D eigenvalue weighted by atomic mass is 9.78. The van der Waals surface area contributed by atoms with Gasteiger partial charge in [-0.1, -0.05) is 44.2 Å². The van der Waals surface area contributed by atoms with Crippen molar-refractivity contribution in [3.05, 3.63) is 35.9 Å². The molecule has 0 aromatic heterocycles. The lowest BCUT2D eigenvalue weighted by Gasteiger charge is -2.42. The number of methoxy groups -OCH3 is 1. The van der Waals surface area contributed by atoms with Gasteiger partial charge >= 0.3 is 5.97 Å². The van der Waals surface area contributed by atoms with E-state index in [9.17, 15) is 14.7 Å². The van der Waals surface area contributed by atoms with Gasteiger partial charge in [0, 0.05) is 25.6 Å². The molecule has 1 aromatic carbocycles. The van der Waals surface area contributed by atoms with Gasteiger partial charge in [-0.25, -0.2) is 0 Å². The molecule has 144 valence electrons. The van der Waals surface area contributed by atoms with Gasteiger partial charge in [0.1, 0.15) is 5.41 Å². The first-order chi connectivity index (χ1) is 12.3. The summed E-state index contributed by atoms with van der Waals surface area (Å²) >= 11 is 0. The van der Waals surface area contributed by atoms with E-state index in [1.165, 1.54) is 12.7 Å². The van der Waals surface area contributed by atoms with E-state index >= 15 is 0 Å². The van der Waals surface area contributed by atoms with E-state index in [1.54, 1.807) is 4.90 Å². The summed E-state index contributed by atoms with van der Waals surface area (Å²) in [6.07, 6.45) is 3.90. The third kappa shape index (κ3) is 4.85. The fraction of sp³-hybridized carbons (Fsp3) is 0.619. The SMILES string of the molecule is COCC1(C(=O)O)CCCN(C(=O)C(C)(C)CCCc2ccccc2)C1. The maximum Gasteiger partial charge on any atom is 0.313 e. The number of ether oxygens (including phenoxy) is 1. The molecule has 1 unspecified atom stereocenters. The first-order valence-corrected chi connectivity index (χ1v) is 9.36. The monoisotopic (exact) mass is 361 g/mol. The highest BCUT2D eigenvalue weighted by Crippen LogP contribution is 2.34. The molecule has 5 heteroatoms. The van der Waals surface area contributed by atoms with Crippen LogP contribution in [0.4, 0.5) is 0 Å². The Labute approximate surface area is 156 Å². The molecule has 26 heavy (non-hydrogen) atoms. The molecule has 1 N–H and O–H groups in total. The number of nitrogens with zero attached hydrogens (tertiary/aromatic N) is 1. The van der Waals surface area contributed by atoms with Crippen LogP contribution in [-0.4, -0.2) is 48.7 Å². The van der Waals surface area contributed by atoms with Crippen molar-refractivity contribution in [1.29, 1.82) is 0 Å². The highest BCUT2D eigenvalue weighted by atomic mass is 16.5. The Bertz CT molecular complexity index is 610. The van der Waals surface area contributed by atoms with Gasteiger partial charge in [0.05, 0.1) is 6.61 Å². The number of carboxylic acid groups (broad SMARTS) is 1. The number of piperidine rings is 1. The molecule has 1 fully saturated rings. The molecule has 1 aromatic rings.